The highest BCUT2D eigenvalue weighted by Gasteiger charge is 2.18. The average Bonchev–Trinajstić information content (AvgIpc) is 3.59. The minimum atomic E-state index is 0.473. The van der Waals surface area contributed by atoms with Crippen LogP contribution in [0.4, 0.5) is 0 Å². The second-order valence-electron chi connectivity index (χ2n) is 12.6. The molecule has 2 heteroatoms. The molecular formula is C42H35NO. The second-order valence-corrected chi connectivity index (χ2v) is 12.6. The average molecular weight is 570 g/mol. The molecule has 2 nitrogen and oxygen atoms in total. The number of nitrogens with zero attached hydrogens (tertiary/aromatic N) is 1. The number of fused-ring (bicyclic) bond motifs is 6. The third kappa shape index (κ3) is 4.25. The number of benzene rings is 6. The molecule has 0 saturated carbocycles. The highest BCUT2D eigenvalue weighted by atomic mass is 16.3. The SMILES string of the molecule is CC(C)c1ccc2c(c1)c1cc(C(C)C)ccc1n2-c1ccccc1-c1cccc(-c2ccc3oc4ccccc4c3c2)c1. The van der Waals surface area contributed by atoms with Gasteiger partial charge in [0, 0.05) is 27.1 Å². The van der Waals surface area contributed by atoms with Gasteiger partial charge in [-0.05, 0) is 94.3 Å². The van der Waals surface area contributed by atoms with Gasteiger partial charge < -0.3 is 8.98 Å². The molecule has 0 radical (unpaired) electrons. The maximum atomic E-state index is 6.10. The molecule has 0 atom stereocenters. The summed E-state index contributed by atoms with van der Waals surface area (Å²) in [6, 6.07) is 46.6. The topological polar surface area (TPSA) is 18.1 Å². The van der Waals surface area contributed by atoms with Crippen molar-refractivity contribution in [1.82, 2.24) is 4.57 Å². The fourth-order valence-corrected chi connectivity index (χ4v) is 6.72. The molecule has 8 aromatic rings. The van der Waals surface area contributed by atoms with Crippen LogP contribution in [0.2, 0.25) is 0 Å². The zero-order valence-electron chi connectivity index (χ0n) is 25.6. The fourth-order valence-electron chi connectivity index (χ4n) is 6.72. The maximum Gasteiger partial charge on any atom is 0.135 e. The van der Waals surface area contributed by atoms with Crippen molar-refractivity contribution < 1.29 is 4.42 Å². The van der Waals surface area contributed by atoms with E-state index in [1.807, 2.05) is 12.1 Å². The summed E-state index contributed by atoms with van der Waals surface area (Å²) in [5.74, 6) is 0.945. The van der Waals surface area contributed by atoms with E-state index in [0.717, 1.165) is 21.9 Å². The zero-order chi connectivity index (χ0) is 29.9. The number of para-hydroxylation sites is 2. The van der Waals surface area contributed by atoms with Crippen molar-refractivity contribution in [2.24, 2.45) is 0 Å². The Balaban J connectivity index is 1.32. The monoisotopic (exact) mass is 569 g/mol. The number of hydrogen-bond acceptors (Lipinski definition) is 1. The highest BCUT2D eigenvalue weighted by molar-refractivity contribution is 6.10. The third-order valence-electron chi connectivity index (χ3n) is 9.18. The van der Waals surface area contributed by atoms with E-state index in [1.54, 1.807) is 0 Å². The van der Waals surface area contributed by atoms with E-state index < -0.39 is 0 Å². The first-order valence-corrected chi connectivity index (χ1v) is 15.7. The van der Waals surface area contributed by atoms with Crippen LogP contribution < -0.4 is 0 Å². The molecule has 0 bridgehead atoms. The molecule has 0 aliphatic rings. The van der Waals surface area contributed by atoms with Gasteiger partial charge in [-0.3, -0.25) is 0 Å². The normalized spacial score (nSPS) is 12.0. The molecule has 0 amide bonds. The Kier molecular flexibility index (Phi) is 6.20. The van der Waals surface area contributed by atoms with Gasteiger partial charge in [0.2, 0.25) is 0 Å². The zero-order valence-corrected chi connectivity index (χ0v) is 25.6. The van der Waals surface area contributed by atoms with Crippen molar-refractivity contribution in [3.63, 3.8) is 0 Å². The van der Waals surface area contributed by atoms with Crippen LogP contribution in [0.3, 0.4) is 0 Å². The van der Waals surface area contributed by atoms with Crippen molar-refractivity contribution in [2.45, 2.75) is 39.5 Å². The van der Waals surface area contributed by atoms with Crippen molar-refractivity contribution in [3.8, 4) is 27.9 Å². The molecule has 0 aliphatic carbocycles. The van der Waals surface area contributed by atoms with E-state index in [1.165, 1.54) is 60.9 Å². The van der Waals surface area contributed by atoms with E-state index in [2.05, 4.69) is 148 Å². The Hall–Kier alpha value is -5.08. The molecule has 0 unspecified atom stereocenters. The lowest BCUT2D eigenvalue weighted by Crippen LogP contribution is -1.98. The molecule has 2 heterocycles. The van der Waals surface area contributed by atoms with Gasteiger partial charge in [0.25, 0.3) is 0 Å². The predicted molar refractivity (Wildman–Crippen MR) is 187 cm³/mol. The number of aromatic nitrogens is 1. The van der Waals surface area contributed by atoms with Crippen LogP contribution in [0.15, 0.2) is 132 Å². The molecule has 6 aromatic carbocycles. The molecule has 0 fully saturated rings. The first kappa shape index (κ1) is 26.5. The van der Waals surface area contributed by atoms with Crippen LogP contribution in [-0.4, -0.2) is 4.57 Å². The summed E-state index contributed by atoms with van der Waals surface area (Å²) in [5.41, 5.74) is 13.0. The first-order valence-electron chi connectivity index (χ1n) is 15.7. The van der Waals surface area contributed by atoms with Crippen LogP contribution in [0, 0.1) is 0 Å². The van der Waals surface area contributed by atoms with Gasteiger partial charge >= 0.3 is 0 Å². The number of rotatable bonds is 5. The van der Waals surface area contributed by atoms with Crippen molar-refractivity contribution in [3.05, 3.63) is 139 Å². The Labute approximate surface area is 258 Å². The van der Waals surface area contributed by atoms with Gasteiger partial charge in [-0.25, -0.2) is 0 Å². The van der Waals surface area contributed by atoms with Gasteiger partial charge in [0.15, 0.2) is 0 Å². The minimum absolute atomic E-state index is 0.473. The lowest BCUT2D eigenvalue weighted by molar-refractivity contribution is 0.669. The van der Waals surface area contributed by atoms with Crippen molar-refractivity contribution in [2.75, 3.05) is 0 Å². The largest absolute Gasteiger partial charge is 0.456 e. The van der Waals surface area contributed by atoms with Gasteiger partial charge in [0.1, 0.15) is 11.2 Å². The van der Waals surface area contributed by atoms with Crippen LogP contribution in [-0.2, 0) is 0 Å². The molecule has 8 rings (SSSR count). The quantitative estimate of drug-likeness (QED) is 0.202. The van der Waals surface area contributed by atoms with Crippen molar-refractivity contribution >= 4 is 43.7 Å². The lowest BCUT2D eigenvalue weighted by Gasteiger charge is -2.15. The van der Waals surface area contributed by atoms with Crippen LogP contribution in [0.1, 0.15) is 50.7 Å². The molecule has 44 heavy (non-hydrogen) atoms. The summed E-state index contributed by atoms with van der Waals surface area (Å²) in [6.45, 7) is 9.09. The molecule has 0 spiro atoms. The Bertz CT molecular complexity index is 2280. The number of furan rings is 1. The summed E-state index contributed by atoms with van der Waals surface area (Å²) in [4.78, 5) is 0. The summed E-state index contributed by atoms with van der Waals surface area (Å²) in [7, 11) is 0. The van der Waals surface area contributed by atoms with Gasteiger partial charge in [-0.15, -0.1) is 0 Å². The Morgan fingerprint density at radius 3 is 1.80 bits per heavy atom. The predicted octanol–water partition coefficient (Wildman–Crippen LogP) is 12.3. The van der Waals surface area contributed by atoms with Gasteiger partial charge in [-0.2, -0.15) is 0 Å². The van der Waals surface area contributed by atoms with E-state index in [4.69, 9.17) is 4.42 Å². The third-order valence-corrected chi connectivity index (χ3v) is 9.18. The van der Waals surface area contributed by atoms with Gasteiger partial charge in [0.05, 0.1) is 16.7 Å². The second kappa shape index (κ2) is 10.3. The molecule has 214 valence electrons. The highest BCUT2D eigenvalue weighted by Crippen LogP contribution is 2.39. The summed E-state index contributed by atoms with van der Waals surface area (Å²) >= 11 is 0. The van der Waals surface area contributed by atoms with Gasteiger partial charge in [-0.1, -0.05) is 100 Å². The van der Waals surface area contributed by atoms with Crippen LogP contribution >= 0.6 is 0 Å². The Morgan fingerprint density at radius 2 is 1.07 bits per heavy atom. The lowest BCUT2D eigenvalue weighted by atomic mass is 9.97. The minimum Gasteiger partial charge on any atom is -0.456 e. The molecular weight excluding hydrogens is 534 g/mol. The standard InChI is InChI=1S/C42H35NO/c1-26(2)28-16-19-39-35(23-28)36-24-29(27(3)4)17-20-40(36)43(39)38-14-7-5-12-33(38)32-11-9-10-30(22-32)31-18-21-42-37(25-31)34-13-6-8-15-41(34)44-42/h5-27H,1-4H3. The molecule has 2 aromatic heterocycles. The summed E-state index contributed by atoms with van der Waals surface area (Å²) in [6.07, 6.45) is 0. The van der Waals surface area contributed by atoms with Crippen LogP contribution in [0.5, 0.6) is 0 Å². The van der Waals surface area contributed by atoms with E-state index in [9.17, 15) is 0 Å². The summed E-state index contributed by atoms with van der Waals surface area (Å²) in [5, 5.41) is 4.94. The van der Waals surface area contributed by atoms with E-state index >= 15 is 0 Å². The fraction of sp³-hybridized carbons (Fsp3) is 0.143. The Morgan fingerprint density at radius 1 is 0.455 bits per heavy atom. The number of hydrogen-bond donors (Lipinski definition) is 0. The van der Waals surface area contributed by atoms with E-state index in [0.29, 0.717) is 11.8 Å². The van der Waals surface area contributed by atoms with Crippen molar-refractivity contribution in [1.29, 1.82) is 0 Å². The summed E-state index contributed by atoms with van der Waals surface area (Å²) < 4.78 is 8.56. The maximum absolute atomic E-state index is 6.10. The first-order chi connectivity index (χ1) is 21.5. The van der Waals surface area contributed by atoms with Crippen LogP contribution in [0.25, 0.3) is 71.7 Å². The smallest absolute Gasteiger partial charge is 0.135 e. The molecule has 0 saturated heterocycles. The van der Waals surface area contributed by atoms with E-state index in [-0.39, 0.29) is 0 Å². The molecule has 0 aliphatic heterocycles. The molecule has 0 N–H and O–H groups in total.